The maximum Gasteiger partial charge on any atom is 0.243 e. The van der Waals surface area contributed by atoms with Crippen molar-refractivity contribution in [2.75, 3.05) is 0 Å². The van der Waals surface area contributed by atoms with Gasteiger partial charge in [0.25, 0.3) is 0 Å². The molecule has 1 heterocycles. The summed E-state index contributed by atoms with van der Waals surface area (Å²) >= 11 is 0. The fraction of sp³-hybridized carbons (Fsp3) is 0.200. The van der Waals surface area contributed by atoms with Crippen LogP contribution in [0.15, 0.2) is 22.7 Å². The summed E-state index contributed by atoms with van der Waals surface area (Å²) in [6.07, 6.45) is 0. The summed E-state index contributed by atoms with van der Waals surface area (Å²) < 4.78 is 17.9. The quantitative estimate of drug-likeness (QED) is 0.807. The Bertz CT molecular complexity index is 511. The SMILES string of the molecule is C[C@@H](N)c1nc(-c2ccc(O)c(F)c2)no1. The van der Waals surface area contributed by atoms with Gasteiger partial charge in [-0.25, -0.2) is 4.39 Å². The maximum absolute atomic E-state index is 13.1. The smallest absolute Gasteiger partial charge is 0.243 e. The number of hydrogen-bond acceptors (Lipinski definition) is 5. The Hall–Kier alpha value is -1.95. The van der Waals surface area contributed by atoms with E-state index < -0.39 is 11.6 Å². The van der Waals surface area contributed by atoms with Crippen LogP contribution in [-0.4, -0.2) is 15.2 Å². The van der Waals surface area contributed by atoms with Gasteiger partial charge in [0.1, 0.15) is 0 Å². The molecule has 0 radical (unpaired) electrons. The molecule has 2 rings (SSSR count). The zero-order valence-corrected chi connectivity index (χ0v) is 8.51. The van der Waals surface area contributed by atoms with Gasteiger partial charge >= 0.3 is 0 Å². The zero-order chi connectivity index (χ0) is 11.7. The van der Waals surface area contributed by atoms with Crippen molar-refractivity contribution in [2.24, 2.45) is 5.73 Å². The molecule has 84 valence electrons. The second kappa shape index (κ2) is 3.90. The van der Waals surface area contributed by atoms with Crippen molar-refractivity contribution in [3.05, 3.63) is 29.9 Å². The van der Waals surface area contributed by atoms with Crippen molar-refractivity contribution < 1.29 is 14.0 Å². The minimum atomic E-state index is -0.732. The number of rotatable bonds is 2. The van der Waals surface area contributed by atoms with E-state index in [0.717, 1.165) is 6.07 Å². The number of phenolic OH excluding ortho intramolecular Hbond substituents is 1. The Kier molecular flexibility index (Phi) is 2.57. The van der Waals surface area contributed by atoms with Crippen molar-refractivity contribution in [1.29, 1.82) is 0 Å². The number of aromatic hydroxyl groups is 1. The Labute approximate surface area is 90.7 Å². The minimum absolute atomic E-state index is 0.242. The Morgan fingerprint density at radius 1 is 1.50 bits per heavy atom. The molecule has 0 unspecified atom stereocenters. The van der Waals surface area contributed by atoms with E-state index in [4.69, 9.17) is 15.4 Å². The van der Waals surface area contributed by atoms with E-state index in [2.05, 4.69) is 10.1 Å². The number of benzene rings is 1. The zero-order valence-electron chi connectivity index (χ0n) is 8.51. The highest BCUT2D eigenvalue weighted by molar-refractivity contribution is 5.55. The topological polar surface area (TPSA) is 85.2 Å². The van der Waals surface area contributed by atoms with Crippen LogP contribution in [-0.2, 0) is 0 Å². The highest BCUT2D eigenvalue weighted by Crippen LogP contribution is 2.23. The highest BCUT2D eigenvalue weighted by atomic mass is 19.1. The van der Waals surface area contributed by atoms with Crippen LogP contribution in [0.25, 0.3) is 11.4 Å². The molecular formula is C10H10FN3O2. The molecule has 0 saturated heterocycles. The summed E-state index contributed by atoms with van der Waals surface area (Å²) in [6.45, 7) is 1.70. The van der Waals surface area contributed by atoms with Crippen molar-refractivity contribution >= 4 is 0 Å². The van der Waals surface area contributed by atoms with Crippen LogP contribution in [0, 0.1) is 5.82 Å². The van der Waals surface area contributed by atoms with E-state index in [1.807, 2.05) is 0 Å². The summed E-state index contributed by atoms with van der Waals surface area (Å²) in [5.74, 6) is -0.626. The molecule has 0 amide bonds. The number of halogens is 1. The Morgan fingerprint density at radius 3 is 2.81 bits per heavy atom. The molecule has 0 aliphatic rings. The maximum atomic E-state index is 13.1. The third-order valence-electron chi connectivity index (χ3n) is 2.04. The van der Waals surface area contributed by atoms with E-state index in [-0.39, 0.29) is 17.8 Å². The first kappa shape index (κ1) is 10.6. The predicted molar refractivity (Wildman–Crippen MR) is 54.0 cm³/mol. The van der Waals surface area contributed by atoms with Crippen LogP contribution in [0.1, 0.15) is 18.9 Å². The molecule has 0 spiro atoms. The highest BCUT2D eigenvalue weighted by Gasteiger charge is 2.13. The Morgan fingerprint density at radius 2 is 2.25 bits per heavy atom. The van der Waals surface area contributed by atoms with Gasteiger partial charge in [-0.1, -0.05) is 5.16 Å². The largest absolute Gasteiger partial charge is 0.505 e. The number of phenols is 1. The molecule has 6 heteroatoms. The summed E-state index contributed by atoms with van der Waals surface area (Å²) in [5.41, 5.74) is 5.97. The van der Waals surface area contributed by atoms with Gasteiger partial charge in [0.15, 0.2) is 11.6 Å². The molecule has 1 aromatic heterocycles. The van der Waals surface area contributed by atoms with E-state index in [0.29, 0.717) is 5.56 Å². The van der Waals surface area contributed by atoms with Crippen LogP contribution < -0.4 is 5.73 Å². The molecule has 2 aromatic rings. The molecule has 0 aliphatic carbocycles. The molecule has 5 nitrogen and oxygen atoms in total. The average molecular weight is 223 g/mol. The molecule has 0 bridgehead atoms. The molecule has 0 saturated carbocycles. The van der Waals surface area contributed by atoms with Crippen LogP contribution in [0.3, 0.4) is 0 Å². The molecule has 1 aromatic carbocycles. The monoisotopic (exact) mass is 223 g/mol. The minimum Gasteiger partial charge on any atom is -0.505 e. The predicted octanol–water partition coefficient (Wildman–Crippen LogP) is 1.60. The fourth-order valence-electron chi connectivity index (χ4n) is 1.18. The van der Waals surface area contributed by atoms with Gasteiger partial charge in [0, 0.05) is 5.56 Å². The van der Waals surface area contributed by atoms with E-state index in [1.165, 1.54) is 12.1 Å². The molecular weight excluding hydrogens is 213 g/mol. The lowest BCUT2D eigenvalue weighted by molar-refractivity contribution is 0.362. The first-order valence-corrected chi connectivity index (χ1v) is 4.66. The van der Waals surface area contributed by atoms with Gasteiger partial charge in [-0.15, -0.1) is 0 Å². The second-order valence-electron chi connectivity index (χ2n) is 3.41. The normalized spacial score (nSPS) is 12.7. The van der Waals surface area contributed by atoms with Crippen molar-refractivity contribution in [1.82, 2.24) is 10.1 Å². The summed E-state index contributed by atoms with van der Waals surface area (Å²) in [4.78, 5) is 4.00. The van der Waals surface area contributed by atoms with Crippen LogP contribution >= 0.6 is 0 Å². The molecule has 1 atom stereocenters. The van der Waals surface area contributed by atoms with E-state index >= 15 is 0 Å². The van der Waals surface area contributed by atoms with Crippen LogP contribution in [0.2, 0.25) is 0 Å². The van der Waals surface area contributed by atoms with Gasteiger partial charge in [-0.05, 0) is 25.1 Å². The summed E-state index contributed by atoms with van der Waals surface area (Å²) in [5, 5.41) is 12.7. The Balaban J connectivity index is 2.39. The summed E-state index contributed by atoms with van der Waals surface area (Å²) in [6, 6.07) is 3.48. The van der Waals surface area contributed by atoms with Gasteiger partial charge in [0.05, 0.1) is 6.04 Å². The third-order valence-corrected chi connectivity index (χ3v) is 2.04. The number of nitrogens with two attached hydrogens (primary N) is 1. The summed E-state index contributed by atoms with van der Waals surface area (Å²) in [7, 11) is 0. The van der Waals surface area contributed by atoms with Crippen molar-refractivity contribution in [3.8, 4) is 17.1 Å². The van der Waals surface area contributed by atoms with Gasteiger partial charge in [-0.2, -0.15) is 4.98 Å². The number of hydrogen-bond donors (Lipinski definition) is 2. The van der Waals surface area contributed by atoms with Gasteiger partial charge in [-0.3, -0.25) is 0 Å². The lowest BCUT2D eigenvalue weighted by atomic mass is 10.2. The van der Waals surface area contributed by atoms with Gasteiger partial charge in [0.2, 0.25) is 11.7 Å². The van der Waals surface area contributed by atoms with E-state index in [1.54, 1.807) is 6.92 Å². The number of nitrogens with zero attached hydrogens (tertiary/aromatic N) is 2. The molecule has 3 N–H and O–H groups in total. The first-order chi connectivity index (χ1) is 7.58. The lowest BCUT2D eigenvalue weighted by Crippen LogP contribution is -2.04. The molecule has 0 aliphatic heterocycles. The fourth-order valence-corrected chi connectivity index (χ4v) is 1.18. The van der Waals surface area contributed by atoms with Crippen molar-refractivity contribution in [2.45, 2.75) is 13.0 Å². The van der Waals surface area contributed by atoms with Crippen LogP contribution in [0.5, 0.6) is 5.75 Å². The van der Waals surface area contributed by atoms with Crippen LogP contribution in [0.4, 0.5) is 4.39 Å². The van der Waals surface area contributed by atoms with Gasteiger partial charge < -0.3 is 15.4 Å². The lowest BCUT2D eigenvalue weighted by Gasteiger charge is -1.97. The van der Waals surface area contributed by atoms with Crippen molar-refractivity contribution in [3.63, 3.8) is 0 Å². The molecule has 16 heavy (non-hydrogen) atoms. The standard InChI is InChI=1S/C10H10FN3O2/c1-5(12)10-13-9(14-16-10)6-2-3-8(15)7(11)4-6/h2-5,15H,12H2,1H3/t5-/m1/s1. The average Bonchev–Trinajstić information content (AvgIpc) is 2.71. The molecule has 0 fully saturated rings. The second-order valence-corrected chi connectivity index (χ2v) is 3.41. The number of aromatic nitrogens is 2. The first-order valence-electron chi connectivity index (χ1n) is 4.66. The van der Waals surface area contributed by atoms with E-state index in [9.17, 15) is 4.39 Å². The third kappa shape index (κ3) is 1.87.